The number of anilines is 2. The highest BCUT2D eigenvalue weighted by Gasteiger charge is 2.40. The fraction of sp³-hybridized carbons (Fsp3) is 0.366. The summed E-state index contributed by atoms with van der Waals surface area (Å²) in [6.45, 7) is 8.87. The second-order valence-electron chi connectivity index (χ2n) is 13.7. The maximum Gasteiger partial charge on any atom is 0.256 e. The predicted octanol–water partition coefficient (Wildman–Crippen LogP) is 8.66. The molecule has 2 amide bonds. The predicted molar refractivity (Wildman–Crippen MR) is 208 cm³/mol. The molecular weight excluding hydrogens is 685 g/mol. The van der Waals surface area contributed by atoms with E-state index in [-0.39, 0.29) is 36.1 Å². The Balaban J connectivity index is 0.00000583. The molecule has 1 heterocycles. The molecule has 0 spiro atoms. The molecule has 51 heavy (non-hydrogen) atoms. The molecule has 4 aromatic rings. The fourth-order valence-electron chi connectivity index (χ4n) is 6.12. The normalized spacial score (nSPS) is 15.7. The van der Waals surface area contributed by atoms with Crippen molar-refractivity contribution in [2.75, 3.05) is 43.6 Å². The number of rotatable bonds is 15. The molecule has 8 nitrogen and oxygen atoms in total. The summed E-state index contributed by atoms with van der Waals surface area (Å²) in [6.07, 6.45) is 0.883. The molecule has 0 fully saturated rings. The standard InChI is InChI=1S/C41H48ClN3O5.ClH/c1-41(2,3)28-45-34-22-21-30(42)26-33(34)38(50-36(40(45)47)27-37(46)44-31-17-9-6-10-18-31)32-19-11-20-35(39(32)48-4)49-25-13-24-43-23-12-16-29-14-7-5-8-15-29;/h5-11,14-15,17-22,26,36,38,43H,12-13,16,23-25,27-28H2,1-4H3,(H,44,46);1H/t36-,38-;/m1./s1. The minimum absolute atomic E-state index is 0. The summed E-state index contributed by atoms with van der Waals surface area (Å²) < 4.78 is 18.9. The molecule has 2 atom stereocenters. The summed E-state index contributed by atoms with van der Waals surface area (Å²) in [5.41, 5.74) is 3.80. The number of fused-ring (bicyclic) bond motifs is 1. The zero-order valence-corrected chi connectivity index (χ0v) is 31.4. The Morgan fingerprint density at radius 3 is 2.31 bits per heavy atom. The van der Waals surface area contributed by atoms with Crippen LogP contribution in [-0.2, 0) is 20.7 Å². The molecule has 0 unspecified atom stereocenters. The van der Waals surface area contributed by atoms with Gasteiger partial charge in [-0.15, -0.1) is 12.4 Å². The molecule has 0 aliphatic carbocycles. The Morgan fingerprint density at radius 2 is 1.61 bits per heavy atom. The average Bonchev–Trinajstić information content (AvgIpc) is 3.19. The van der Waals surface area contributed by atoms with Gasteiger partial charge >= 0.3 is 0 Å². The molecule has 0 radical (unpaired) electrons. The number of carbonyl (C=O) groups is 2. The Bertz CT molecular complexity index is 1720. The van der Waals surface area contributed by atoms with Crippen LogP contribution in [0.15, 0.2) is 97.1 Å². The molecule has 10 heteroatoms. The smallest absolute Gasteiger partial charge is 0.256 e. The average molecular weight is 735 g/mol. The minimum Gasteiger partial charge on any atom is -0.492 e. The Kier molecular flexibility index (Phi) is 14.8. The first-order valence-corrected chi connectivity index (χ1v) is 17.7. The van der Waals surface area contributed by atoms with Crippen molar-refractivity contribution in [3.8, 4) is 11.5 Å². The number of hydrogen-bond acceptors (Lipinski definition) is 6. The largest absolute Gasteiger partial charge is 0.492 e. The summed E-state index contributed by atoms with van der Waals surface area (Å²) in [5, 5.41) is 6.91. The van der Waals surface area contributed by atoms with E-state index in [9.17, 15) is 9.59 Å². The van der Waals surface area contributed by atoms with E-state index >= 15 is 0 Å². The van der Waals surface area contributed by atoms with Gasteiger partial charge in [0.2, 0.25) is 5.91 Å². The molecule has 0 bridgehead atoms. The first kappa shape index (κ1) is 39.7. The van der Waals surface area contributed by atoms with Gasteiger partial charge in [-0.25, -0.2) is 0 Å². The zero-order chi connectivity index (χ0) is 35.5. The van der Waals surface area contributed by atoms with Crippen LogP contribution in [0.1, 0.15) is 62.8 Å². The van der Waals surface area contributed by atoms with E-state index in [4.69, 9.17) is 25.8 Å². The number of methoxy groups -OCH3 is 1. The highest BCUT2D eigenvalue weighted by atomic mass is 35.5. The summed E-state index contributed by atoms with van der Waals surface area (Å²) in [7, 11) is 1.59. The fourth-order valence-corrected chi connectivity index (χ4v) is 6.30. The van der Waals surface area contributed by atoms with Gasteiger partial charge in [-0.05, 0) is 79.7 Å². The maximum absolute atomic E-state index is 14.3. The van der Waals surface area contributed by atoms with Crippen molar-refractivity contribution in [3.05, 3.63) is 119 Å². The molecule has 0 saturated heterocycles. The lowest BCUT2D eigenvalue weighted by molar-refractivity contribution is -0.136. The molecule has 5 rings (SSSR count). The van der Waals surface area contributed by atoms with Crippen molar-refractivity contribution in [2.45, 2.75) is 58.7 Å². The number of carbonyl (C=O) groups excluding carboxylic acids is 2. The Labute approximate surface area is 313 Å². The molecule has 2 N–H and O–H groups in total. The van der Waals surface area contributed by atoms with Crippen molar-refractivity contribution in [2.24, 2.45) is 5.41 Å². The van der Waals surface area contributed by atoms with Crippen molar-refractivity contribution in [1.29, 1.82) is 0 Å². The van der Waals surface area contributed by atoms with Gasteiger partial charge in [0.05, 0.1) is 20.1 Å². The van der Waals surface area contributed by atoms with Crippen LogP contribution in [0.3, 0.4) is 0 Å². The van der Waals surface area contributed by atoms with Gasteiger partial charge in [-0.3, -0.25) is 9.59 Å². The van der Waals surface area contributed by atoms with Gasteiger partial charge in [0.1, 0.15) is 12.2 Å². The van der Waals surface area contributed by atoms with E-state index in [1.54, 1.807) is 30.2 Å². The zero-order valence-electron chi connectivity index (χ0n) is 29.8. The van der Waals surface area contributed by atoms with Gasteiger partial charge in [0.25, 0.3) is 5.91 Å². The van der Waals surface area contributed by atoms with Crippen LogP contribution in [0.2, 0.25) is 5.02 Å². The maximum atomic E-state index is 14.3. The SMILES string of the molecule is COc1c(OCCCNCCCc2ccccc2)cccc1[C@H]1O[C@H](CC(=O)Nc2ccccc2)C(=O)N(CC(C)(C)C)c2ccc(Cl)cc21.Cl. The number of aryl methyl sites for hydroxylation is 1. The van der Waals surface area contributed by atoms with Crippen LogP contribution in [0, 0.1) is 5.41 Å². The summed E-state index contributed by atoms with van der Waals surface area (Å²) in [6, 6.07) is 30.8. The molecule has 4 aromatic carbocycles. The summed E-state index contributed by atoms with van der Waals surface area (Å²) in [5.74, 6) is 0.452. The second-order valence-corrected chi connectivity index (χ2v) is 14.2. The van der Waals surface area contributed by atoms with Gasteiger partial charge in [0, 0.05) is 34.1 Å². The number of benzene rings is 4. The van der Waals surface area contributed by atoms with Crippen LogP contribution < -0.4 is 25.0 Å². The summed E-state index contributed by atoms with van der Waals surface area (Å²) >= 11 is 6.59. The first-order valence-electron chi connectivity index (χ1n) is 17.3. The van der Waals surface area contributed by atoms with E-state index in [0.717, 1.165) is 32.4 Å². The monoisotopic (exact) mass is 733 g/mol. The third-order valence-electron chi connectivity index (χ3n) is 8.38. The van der Waals surface area contributed by atoms with E-state index in [1.807, 2.05) is 54.6 Å². The topological polar surface area (TPSA) is 89.1 Å². The highest BCUT2D eigenvalue weighted by Crippen LogP contribution is 2.45. The highest BCUT2D eigenvalue weighted by molar-refractivity contribution is 6.30. The van der Waals surface area contributed by atoms with Crippen LogP contribution in [0.5, 0.6) is 11.5 Å². The van der Waals surface area contributed by atoms with Gasteiger partial charge in [0.15, 0.2) is 11.5 Å². The Morgan fingerprint density at radius 1 is 0.902 bits per heavy atom. The van der Waals surface area contributed by atoms with Crippen molar-refractivity contribution in [3.63, 3.8) is 0 Å². The molecule has 1 aliphatic rings. The number of nitrogens with zero attached hydrogens (tertiary/aromatic N) is 1. The summed E-state index contributed by atoms with van der Waals surface area (Å²) in [4.78, 5) is 29.4. The van der Waals surface area contributed by atoms with Crippen molar-refractivity contribution >= 4 is 47.2 Å². The molecule has 1 aliphatic heterocycles. The van der Waals surface area contributed by atoms with Crippen molar-refractivity contribution in [1.82, 2.24) is 5.32 Å². The number of hydrogen-bond donors (Lipinski definition) is 2. The first-order chi connectivity index (χ1) is 24.1. The molecular formula is C41H49Cl2N3O5. The third kappa shape index (κ3) is 11.2. The van der Waals surface area contributed by atoms with Gasteiger partial charge < -0.3 is 29.7 Å². The third-order valence-corrected chi connectivity index (χ3v) is 8.61. The number of ether oxygens (including phenoxy) is 3. The molecule has 0 aromatic heterocycles. The van der Waals surface area contributed by atoms with Crippen LogP contribution in [-0.4, -0.2) is 51.3 Å². The lowest BCUT2D eigenvalue weighted by atomic mass is 9.94. The van der Waals surface area contributed by atoms with Gasteiger partial charge in [-0.1, -0.05) is 93.0 Å². The van der Waals surface area contributed by atoms with E-state index in [2.05, 4.69) is 55.7 Å². The number of para-hydroxylation sites is 2. The lowest BCUT2D eigenvalue weighted by Crippen LogP contribution is -2.44. The molecule has 272 valence electrons. The van der Waals surface area contributed by atoms with Crippen LogP contribution in [0.4, 0.5) is 11.4 Å². The van der Waals surface area contributed by atoms with E-state index in [1.165, 1.54) is 5.56 Å². The minimum atomic E-state index is -1.08. The van der Waals surface area contributed by atoms with Gasteiger partial charge in [-0.2, -0.15) is 0 Å². The van der Waals surface area contributed by atoms with Crippen molar-refractivity contribution < 1.29 is 23.8 Å². The number of halogens is 2. The van der Waals surface area contributed by atoms with E-state index in [0.29, 0.717) is 52.2 Å². The quantitative estimate of drug-likeness (QED) is 0.119. The number of nitrogens with one attached hydrogen (secondary N) is 2. The second kappa shape index (κ2) is 19.0. The lowest BCUT2D eigenvalue weighted by Gasteiger charge is -2.31. The molecule has 0 saturated carbocycles. The van der Waals surface area contributed by atoms with E-state index < -0.39 is 12.2 Å². The Hall–Kier alpha value is -4.08. The van der Waals surface area contributed by atoms with Crippen LogP contribution in [0.25, 0.3) is 0 Å². The number of amides is 2. The van der Waals surface area contributed by atoms with Crippen LogP contribution >= 0.6 is 24.0 Å².